The van der Waals surface area contributed by atoms with Crippen LogP contribution in [0.4, 0.5) is 11.4 Å². The van der Waals surface area contributed by atoms with Gasteiger partial charge in [0.1, 0.15) is 0 Å². The highest BCUT2D eigenvalue weighted by Crippen LogP contribution is 2.17. The molecular formula is C18H23N3O3S. The lowest BCUT2D eigenvalue weighted by Crippen LogP contribution is -2.23. The van der Waals surface area contributed by atoms with Gasteiger partial charge in [0.2, 0.25) is 15.9 Å². The fraction of sp³-hybridized carbons (Fsp3) is 0.278. The summed E-state index contributed by atoms with van der Waals surface area (Å²) in [6.45, 7) is 2.19. The van der Waals surface area contributed by atoms with Crippen LogP contribution in [0.5, 0.6) is 0 Å². The number of sulfonamides is 1. The van der Waals surface area contributed by atoms with Gasteiger partial charge in [-0.25, -0.2) is 12.7 Å². The Kier molecular flexibility index (Phi) is 6.17. The second-order valence-electron chi connectivity index (χ2n) is 5.72. The number of anilines is 2. The number of benzene rings is 2. The van der Waals surface area contributed by atoms with E-state index in [9.17, 15) is 13.2 Å². The van der Waals surface area contributed by atoms with Crippen LogP contribution in [0, 0.1) is 0 Å². The predicted molar refractivity (Wildman–Crippen MR) is 100 cm³/mol. The Bertz CT molecular complexity index is 831. The molecule has 2 aromatic carbocycles. The molecule has 0 bridgehead atoms. The zero-order valence-corrected chi connectivity index (χ0v) is 15.4. The Morgan fingerprint density at radius 1 is 1.04 bits per heavy atom. The summed E-state index contributed by atoms with van der Waals surface area (Å²) in [4.78, 5) is 12.3. The predicted octanol–water partition coefficient (Wildman–Crippen LogP) is 2.55. The summed E-state index contributed by atoms with van der Waals surface area (Å²) in [5.74, 6) is -0.200. The Morgan fingerprint density at radius 3 is 2.28 bits per heavy atom. The minimum absolute atomic E-state index is 0.134. The number of aryl methyl sites for hydroxylation is 1. The van der Waals surface area contributed by atoms with Crippen molar-refractivity contribution in [3.63, 3.8) is 0 Å². The molecule has 2 rings (SSSR count). The highest BCUT2D eigenvalue weighted by molar-refractivity contribution is 7.89. The van der Waals surface area contributed by atoms with Crippen molar-refractivity contribution in [1.82, 2.24) is 4.31 Å². The molecule has 0 radical (unpaired) electrons. The third-order valence-corrected chi connectivity index (χ3v) is 5.58. The minimum Gasteiger partial charge on any atom is -0.376 e. The Balaban J connectivity index is 1.97. The number of amides is 1. The van der Waals surface area contributed by atoms with E-state index in [-0.39, 0.29) is 17.3 Å². The van der Waals surface area contributed by atoms with Crippen molar-refractivity contribution in [3.05, 3.63) is 54.1 Å². The molecular weight excluding hydrogens is 338 g/mol. The first kappa shape index (κ1) is 19.0. The van der Waals surface area contributed by atoms with Gasteiger partial charge in [-0.15, -0.1) is 0 Å². The summed E-state index contributed by atoms with van der Waals surface area (Å²) in [6, 6.07) is 14.0. The van der Waals surface area contributed by atoms with Crippen molar-refractivity contribution >= 4 is 27.3 Å². The standard InChI is InChI=1S/C18H23N3O3S/c1-4-14-7-5-6-8-17(14)19-13-18(22)20-15-9-11-16(12-10-15)25(23,24)21(2)3/h5-12,19H,4,13H2,1-3H3,(H,20,22). The molecule has 0 saturated heterocycles. The lowest BCUT2D eigenvalue weighted by Gasteiger charge is -2.13. The van der Waals surface area contributed by atoms with E-state index in [0.717, 1.165) is 22.0 Å². The number of rotatable bonds is 7. The molecule has 0 atom stereocenters. The molecule has 0 aliphatic rings. The highest BCUT2D eigenvalue weighted by Gasteiger charge is 2.16. The van der Waals surface area contributed by atoms with Crippen LogP contribution in [0.15, 0.2) is 53.4 Å². The molecule has 25 heavy (non-hydrogen) atoms. The molecule has 0 aliphatic carbocycles. The molecule has 134 valence electrons. The van der Waals surface area contributed by atoms with Gasteiger partial charge in [-0.05, 0) is 42.3 Å². The first-order chi connectivity index (χ1) is 11.8. The van der Waals surface area contributed by atoms with Gasteiger partial charge in [-0.1, -0.05) is 25.1 Å². The van der Waals surface area contributed by atoms with Gasteiger partial charge in [-0.3, -0.25) is 4.79 Å². The molecule has 0 aromatic heterocycles. The molecule has 2 aromatic rings. The third-order valence-electron chi connectivity index (χ3n) is 3.75. The van der Waals surface area contributed by atoms with Crippen LogP contribution in [0.25, 0.3) is 0 Å². The molecule has 0 unspecified atom stereocenters. The monoisotopic (exact) mass is 361 g/mol. The number of hydrogen-bond acceptors (Lipinski definition) is 4. The third kappa shape index (κ3) is 4.80. The topological polar surface area (TPSA) is 78.5 Å². The van der Waals surface area contributed by atoms with Crippen LogP contribution >= 0.6 is 0 Å². The molecule has 6 nitrogen and oxygen atoms in total. The fourth-order valence-corrected chi connectivity index (χ4v) is 3.20. The van der Waals surface area contributed by atoms with Crippen LogP contribution in [-0.2, 0) is 21.2 Å². The van der Waals surface area contributed by atoms with Crippen LogP contribution in [-0.4, -0.2) is 39.3 Å². The van der Waals surface area contributed by atoms with E-state index in [0.29, 0.717) is 5.69 Å². The van der Waals surface area contributed by atoms with E-state index in [4.69, 9.17) is 0 Å². The van der Waals surface area contributed by atoms with Crippen molar-refractivity contribution in [1.29, 1.82) is 0 Å². The molecule has 0 heterocycles. The number of nitrogens with zero attached hydrogens (tertiary/aromatic N) is 1. The number of carbonyl (C=O) groups excluding carboxylic acids is 1. The highest BCUT2D eigenvalue weighted by atomic mass is 32.2. The second kappa shape index (κ2) is 8.13. The lowest BCUT2D eigenvalue weighted by atomic mass is 10.1. The van der Waals surface area contributed by atoms with E-state index >= 15 is 0 Å². The lowest BCUT2D eigenvalue weighted by molar-refractivity contribution is -0.114. The first-order valence-electron chi connectivity index (χ1n) is 7.99. The van der Waals surface area contributed by atoms with Crippen LogP contribution in [0.2, 0.25) is 0 Å². The molecule has 0 aliphatic heterocycles. The van der Waals surface area contributed by atoms with Crippen LogP contribution in [0.3, 0.4) is 0 Å². The van der Waals surface area contributed by atoms with Gasteiger partial charge in [0.15, 0.2) is 0 Å². The van der Waals surface area contributed by atoms with E-state index in [1.54, 1.807) is 12.1 Å². The summed E-state index contributed by atoms with van der Waals surface area (Å²) in [6.07, 6.45) is 0.882. The summed E-state index contributed by atoms with van der Waals surface area (Å²) >= 11 is 0. The zero-order valence-electron chi connectivity index (χ0n) is 14.6. The van der Waals surface area contributed by atoms with Gasteiger partial charge in [0.25, 0.3) is 0 Å². The maximum absolute atomic E-state index is 12.1. The van der Waals surface area contributed by atoms with E-state index in [1.807, 2.05) is 24.3 Å². The number of carbonyl (C=O) groups is 1. The molecule has 1 amide bonds. The first-order valence-corrected chi connectivity index (χ1v) is 9.43. The van der Waals surface area contributed by atoms with Crippen molar-refractivity contribution < 1.29 is 13.2 Å². The summed E-state index contributed by atoms with van der Waals surface area (Å²) in [7, 11) is -0.514. The quantitative estimate of drug-likeness (QED) is 0.794. The zero-order chi connectivity index (χ0) is 18.4. The molecule has 0 fully saturated rings. The normalized spacial score (nSPS) is 11.4. The summed E-state index contributed by atoms with van der Waals surface area (Å²) in [5, 5.41) is 5.87. The molecule has 2 N–H and O–H groups in total. The maximum atomic E-state index is 12.1. The van der Waals surface area contributed by atoms with Crippen molar-refractivity contribution in [2.75, 3.05) is 31.3 Å². The van der Waals surface area contributed by atoms with Gasteiger partial charge >= 0.3 is 0 Å². The Labute approximate surface area is 148 Å². The average molecular weight is 361 g/mol. The molecule has 0 saturated carbocycles. The van der Waals surface area contributed by atoms with Crippen LogP contribution in [0.1, 0.15) is 12.5 Å². The van der Waals surface area contributed by atoms with Gasteiger partial charge in [-0.2, -0.15) is 0 Å². The molecule has 0 spiro atoms. The van der Waals surface area contributed by atoms with Crippen LogP contribution < -0.4 is 10.6 Å². The fourth-order valence-electron chi connectivity index (χ4n) is 2.30. The van der Waals surface area contributed by atoms with E-state index < -0.39 is 10.0 Å². The van der Waals surface area contributed by atoms with Crippen molar-refractivity contribution in [2.45, 2.75) is 18.2 Å². The smallest absolute Gasteiger partial charge is 0.243 e. The van der Waals surface area contributed by atoms with Gasteiger partial charge in [0, 0.05) is 25.5 Å². The Hall–Kier alpha value is -2.38. The largest absolute Gasteiger partial charge is 0.376 e. The van der Waals surface area contributed by atoms with E-state index in [1.165, 1.54) is 26.2 Å². The summed E-state index contributed by atoms with van der Waals surface area (Å²) in [5.41, 5.74) is 2.63. The number of hydrogen-bond donors (Lipinski definition) is 2. The van der Waals surface area contributed by atoms with Gasteiger partial charge in [0.05, 0.1) is 11.4 Å². The Morgan fingerprint density at radius 2 is 1.68 bits per heavy atom. The minimum atomic E-state index is -3.47. The average Bonchev–Trinajstić information content (AvgIpc) is 2.60. The van der Waals surface area contributed by atoms with E-state index in [2.05, 4.69) is 17.6 Å². The molecule has 7 heteroatoms. The number of nitrogens with one attached hydrogen (secondary N) is 2. The summed E-state index contributed by atoms with van der Waals surface area (Å²) < 4.78 is 25.2. The van der Waals surface area contributed by atoms with Crippen molar-refractivity contribution in [2.24, 2.45) is 0 Å². The number of para-hydroxylation sites is 1. The maximum Gasteiger partial charge on any atom is 0.243 e. The van der Waals surface area contributed by atoms with Crippen molar-refractivity contribution in [3.8, 4) is 0 Å². The second-order valence-corrected chi connectivity index (χ2v) is 7.88. The SMILES string of the molecule is CCc1ccccc1NCC(=O)Nc1ccc(S(=O)(=O)N(C)C)cc1. The van der Waals surface area contributed by atoms with Gasteiger partial charge < -0.3 is 10.6 Å².